The fraction of sp³-hybridized carbons (Fsp3) is 0.818. The molecule has 0 aliphatic carbocycles. The van der Waals surface area contributed by atoms with E-state index in [1.165, 1.54) is 12.8 Å². The molecule has 1 fully saturated rings. The first-order valence-corrected chi connectivity index (χ1v) is 5.08. The first-order valence-electron chi connectivity index (χ1n) is 5.08. The Balaban J connectivity index is 0.00000169. The van der Waals surface area contributed by atoms with Crippen molar-refractivity contribution < 1.29 is 28.3 Å². The molecular weight excluding hydrogens is 171 g/mol. The normalized spacial score (nSPS) is 23.6. The molecule has 3 heteroatoms. The third kappa shape index (κ3) is 5.88. The average Bonchev–Trinajstić information content (AvgIpc) is 2.19. The van der Waals surface area contributed by atoms with E-state index in [9.17, 15) is 0 Å². The van der Waals surface area contributed by atoms with Crippen LogP contribution < -0.4 is 18.9 Å². The number of ether oxygens (including phenoxy) is 2. The Bertz CT molecular complexity index is 144. The van der Waals surface area contributed by atoms with E-state index in [4.69, 9.17) is 9.47 Å². The van der Waals surface area contributed by atoms with Gasteiger partial charge in [0, 0.05) is 13.2 Å². The first kappa shape index (κ1) is 14.3. The molecule has 0 saturated carbocycles. The third-order valence-corrected chi connectivity index (χ3v) is 2.34. The van der Waals surface area contributed by atoms with Crippen LogP contribution in [0.3, 0.4) is 0 Å². The van der Waals surface area contributed by atoms with Crippen molar-refractivity contribution in [1.82, 2.24) is 0 Å². The van der Waals surface area contributed by atoms with Gasteiger partial charge in [0.2, 0.25) is 0 Å². The van der Waals surface area contributed by atoms with Gasteiger partial charge in [-0.1, -0.05) is 13.3 Å². The molecule has 0 aromatic heterocycles. The van der Waals surface area contributed by atoms with E-state index in [0.717, 1.165) is 26.1 Å². The molecule has 1 saturated heterocycles. The Morgan fingerprint density at radius 1 is 1.57 bits per heavy atom. The quantitative estimate of drug-likeness (QED) is 0.432. The SMILES string of the molecule is C=[C-][C@H](C)CCOC1CCCCO1.[Li+]. The number of hydrogen-bond acceptors (Lipinski definition) is 2. The van der Waals surface area contributed by atoms with E-state index in [1.54, 1.807) is 0 Å². The summed E-state index contributed by atoms with van der Waals surface area (Å²) >= 11 is 0. The fourth-order valence-corrected chi connectivity index (χ4v) is 1.32. The minimum absolute atomic E-state index is 0. The van der Waals surface area contributed by atoms with Crippen LogP contribution in [0.1, 0.15) is 32.6 Å². The van der Waals surface area contributed by atoms with E-state index in [1.807, 2.05) is 0 Å². The molecule has 1 aliphatic heterocycles. The zero-order chi connectivity index (χ0) is 9.52. The molecule has 0 radical (unpaired) electrons. The van der Waals surface area contributed by atoms with Crippen LogP contribution in [0.4, 0.5) is 0 Å². The Morgan fingerprint density at radius 2 is 2.36 bits per heavy atom. The molecule has 0 spiro atoms. The smallest absolute Gasteiger partial charge is 0.501 e. The summed E-state index contributed by atoms with van der Waals surface area (Å²) in [4.78, 5) is 0. The molecule has 2 nitrogen and oxygen atoms in total. The van der Waals surface area contributed by atoms with Crippen LogP contribution in [0.5, 0.6) is 0 Å². The summed E-state index contributed by atoms with van der Waals surface area (Å²) in [5.41, 5.74) is 0. The second-order valence-corrected chi connectivity index (χ2v) is 3.56. The van der Waals surface area contributed by atoms with E-state index in [0.29, 0.717) is 5.92 Å². The summed E-state index contributed by atoms with van der Waals surface area (Å²) in [5.74, 6) is 0.420. The van der Waals surface area contributed by atoms with Gasteiger partial charge >= 0.3 is 18.9 Å². The van der Waals surface area contributed by atoms with E-state index in [2.05, 4.69) is 19.6 Å². The molecule has 1 aliphatic rings. The van der Waals surface area contributed by atoms with Gasteiger partial charge in [-0.05, 0) is 19.3 Å². The molecule has 1 heterocycles. The van der Waals surface area contributed by atoms with Gasteiger partial charge in [0.25, 0.3) is 0 Å². The molecule has 0 bridgehead atoms. The summed E-state index contributed by atoms with van der Waals surface area (Å²) in [6.45, 7) is 7.32. The van der Waals surface area contributed by atoms with Crippen LogP contribution in [-0.4, -0.2) is 19.5 Å². The van der Waals surface area contributed by atoms with Crippen molar-refractivity contribution in [2.45, 2.75) is 38.9 Å². The van der Waals surface area contributed by atoms with Gasteiger partial charge in [-0.15, -0.1) is 0 Å². The van der Waals surface area contributed by atoms with Gasteiger partial charge in [0.15, 0.2) is 6.29 Å². The molecule has 14 heavy (non-hydrogen) atoms. The molecule has 0 aromatic rings. The molecule has 76 valence electrons. The van der Waals surface area contributed by atoms with Crippen LogP contribution in [0, 0.1) is 12.0 Å². The second-order valence-electron chi connectivity index (χ2n) is 3.56. The van der Waals surface area contributed by atoms with Crippen LogP contribution in [0.25, 0.3) is 0 Å². The summed E-state index contributed by atoms with van der Waals surface area (Å²) < 4.78 is 11.0. The second kappa shape index (κ2) is 8.56. The fourth-order valence-electron chi connectivity index (χ4n) is 1.32. The predicted octanol–water partition coefficient (Wildman–Crippen LogP) is -0.451. The monoisotopic (exact) mass is 190 g/mol. The predicted molar refractivity (Wildman–Crippen MR) is 52.2 cm³/mol. The van der Waals surface area contributed by atoms with Crippen molar-refractivity contribution in [3.63, 3.8) is 0 Å². The number of hydrogen-bond donors (Lipinski definition) is 0. The molecule has 0 N–H and O–H groups in total. The van der Waals surface area contributed by atoms with Crippen molar-refractivity contribution in [2.24, 2.45) is 5.92 Å². The van der Waals surface area contributed by atoms with Crippen molar-refractivity contribution in [2.75, 3.05) is 13.2 Å². The minimum atomic E-state index is 0. The topological polar surface area (TPSA) is 18.5 Å². The first-order chi connectivity index (χ1) is 6.33. The Hall–Kier alpha value is 0.257. The maximum absolute atomic E-state index is 5.57. The van der Waals surface area contributed by atoms with Gasteiger partial charge < -0.3 is 15.5 Å². The number of allylic oxidation sites excluding steroid dienone is 1. The van der Waals surface area contributed by atoms with Gasteiger partial charge in [-0.25, -0.2) is 0 Å². The van der Waals surface area contributed by atoms with Crippen molar-refractivity contribution >= 4 is 0 Å². The summed E-state index contributed by atoms with van der Waals surface area (Å²) in [6, 6.07) is 0. The van der Waals surface area contributed by atoms with Crippen molar-refractivity contribution in [3.05, 3.63) is 12.7 Å². The Labute approximate surface area is 99.2 Å². The van der Waals surface area contributed by atoms with Crippen molar-refractivity contribution in [1.29, 1.82) is 0 Å². The summed E-state index contributed by atoms with van der Waals surface area (Å²) in [5, 5.41) is 0. The largest absolute Gasteiger partial charge is 1.00 e. The molecule has 0 amide bonds. The van der Waals surface area contributed by atoms with Gasteiger partial charge in [0.1, 0.15) is 0 Å². The van der Waals surface area contributed by atoms with Gasteiger partial charge in [-0.2, -0.15) is 5.92 Å². The summed E-state index contributed by atoms with van der Waals surface area (Å²) in [6.07, 6.45) is 7.42. The Morgan fingerprint density at radius 3 is 2.93 bits per heavy atom. The average molecular weight is 190 g/mol. The van der Waals surface area contributed by atoms with Crippen LogP contribution in [0.15, 0.2) is 6.58 Å². The van der Waals surface area contributed by atoms with Crippen molar-refractivity contribution in [3.8, 4) is 0 Å². The van der Waals surface area contributed by atoms with Crippen LogP contribution >= 0.6 is 0 Å². The number of rotatable bonds is 5. The van der Waals surface area contributed by atoms with Gasteiger partial charge in [0.05, 0.1) is 0 Å². The van der Waals surface area contributed by atoms with Gasteiger partial charge in [-0.3, -0.25) is 6.58 Å². The third-order valence-electron chi connectivity index (χ3n) is 2.34. The molecule has 0 aromatic carbocycles. The molecule has 2 atom stereocenters. The van der Waals surface area contributed by atoms with E-state index in [-0.39, 0.29) is 25.2 Å². The minimum Gasteiger partial charge on any atom is -0.501 e. The van der Waals surface area contributed by atoms with Crippen LogP contribution in [0.2, 0.25) is 0 Å². The standard InChI is InChI=1S/C11H19O2.Li/c1-3-10(2)7-9-13-11-6-4-5-8-12-11;/h10-11H,1,4-9H2,2H3;/q-1;+1/t10-,11?;/m0./s1. The zero-order valence-corrected chi connectivity index (χ0v) is 9.42. The molecule has 1 unspecified atom stereocenters. The maximum Gasteiger partial charge on any atom is 1.00 e. The van der Waals surface area contributed by atoms with E-state index >= 15 is 0 Å². The maximum atomic E-state index is 5.57. The Kier molecular flexibility index (Phi) is 8.71. The molecule has 1 rings (SSSR count). The molecular formula is C11H19LiO2. The zero-order valence-electron chi connectivity index (χ0n) is 9.42. The summed E-state index contributed by atoms with van der Waals surface area (Å²) in [7, 11) is 0. The van der Waals surface area contributed by atoms with E-state index < -0.39 is 0 Å². The van der Waals surface area contributed by atoms with Crippen LogP contribution in [-0.2, 0) is 9.47 Å².